The van der Waals surface area contributed by atoms with Gasteiger partial charge in [-0.25, -0.2) is 0 Å². The van der Waals surface area contributed by atoms with Gasteiger partial charge in [-0.05, 0) is 13.3 Å². The Bertz CT molecular complexity index is 231. The molecule has 0 atom stereocenters. The lowest BCUT2D eigenvalue weighted by atomic mass is 10.3. The Morgan fingerprint density at radius 1 is 1.47 bits per heavy atom. The molecule has 0 spiro atoms. The van der Waals surface area contributed by atoms with E-state index in [1.165, 1.54) is 0 Å². The minimum atomic E-state index is -0.0457. The zero-order valence-corrected chi connectivity index (χ0v) is 9.12. The van der Waals surface area contributed by atoms with Gasteiger partial charge in [-0.3, -0.25) is 9.59 Å². The highest BCUT2D eigenvalue weighted by Crippen LogP contribution is 1.99. The number of carbonyl (C=O) groups excluding carboxylic acids is 2. The van der Waals surface area contributed by atoms with Crippen molar-refractivity contribution < 1.29 is 14.3 Å². The first kappa shape index (κ1) is 12.0. The van der Waals surface area contributed by atoms with Crippen LogP contribution in [0.4, 0.5) is 0 Å². The highest BCUT2D eigenvalue weighted by molar-refractivity contribution is 5.87. The van der Waals surface area contributed by atoms with Crippen LogP contribution < -0.4 is 5.32 Å². The SMILES string of the molecule is CCOCCCN1CCC(=O)NCC1=O. The first-order valence-electron chi connectivity index (χ1n) is 5.36. The average Bonchev–Trinajstić information content (AvgIpc) is 2.38. The molecule has 1 rings (SSSR count). The van der Waals surface area contributed by atoms with E-state index < -0.39 is 0 Å². The van der Waals surface area contributed by atoms with E-state index in [2.05, 4.69) is 5.32 Å². The maximum atomic E-state index is 11.5. The lowest BCUT2D eigenvalue weighted by molar-refractivity contribution is -0.130. The van der Waals surface area contributed by atoms with Crippen molar-refractivity contribution in [2.24, 2.45) is 0 Å². The van der Waals surface area contributed by atoms with E-state index in [1.807, 2.05) is 6.92 Å². The highest BCUT2D eigenvalue weighted by atomic mass is 16.5. The molecule has 2 amide bonds. The van der Waals surface area contributed by atoms with Crippen LogP contribution >= 0.6 is 0 Å². The van der Waals surface area contributed by atoms with Gasteiger partial charge in [-0.2, -0.15) is 0 Å². The summed E-state index contributed by atoms with van der Waals surface area (Å²) < 4.78 is 5.19. The van der Waals surface area contributed by atoms with Crippen LogP contribution in [0.15, 0.2) is 0 Å². The van der Waals surface area contributed by atoms with Crippen LogP contribution in [0.25, 0.3) is 0 Å². The molecule has 0 aliphatic carbocycles. The number of rotatable bonds is 5. The highest BCUT2D eigenvalue weighted by Gasteiger charge is 2.18. The normalized spacial score (nSPS) is 17.5. The molecule has 0 aromatic carbocycles. The van der Waals surface area contributed by atoms with E-state index in [0.717, 1.165) is 6.42 Å². The maximum absolute atomic E-state index is 11.5. The lowest BCUT2D eigenvalue weighted by Gasteiger charge is -2.19. The monoisotopic (exact) mass is 214 g/mol. The van der Waals surface area contributed by atoms with E-state index >= 15 is 0 Å². The molecule has 1 heterocycles. The summed E-state index contributed by atoms with van der Waals surface area (Å²) in [6.45, 7) is 4.65. The molecule has 1 aliphatic heterocycles. The van der Waals surface area contributed by atoms with Crippen LogP contribution in [0, 0.1) is 0 Å². The van der Waals surface area contributed by atoms with Gasteiger partial charge in [0.05, 0.1) is 6.54 Å². The summed E-state index contributed by atoms with van der Waals surface area (Å²) in [6.07, 6.45) is 1.23. The van der Waals surface area contributed by atoms with Gasteiger partial charge < -0.3 is 15.0 Å². The fraction of sp³-hybridized carbons (Fsp3) is 0.800. The summed E-state index contributed by atoms with van der Waals surface area (Å²) in [7, 11) is 0. The average molecular weight is 214 g/mol. The Hall–Kier alpha value is -1.10. The molecule has 0 aromatic heterocycles. The standard InChI is InChI=1S/C10H18N2O3/c1-2-15-7-3-5-12-6-4-9(13)11-8-10(12)14/h2-8H2,1H3,(H,11,13). The van der Waals surface area contributed by atoms with Crippen molar-refractivity contribution in [1.29, 1.82) is 0 Å². The van der Waals surface area contributed by atoms with E-state index in [9.17, 15) is 9.59 Å². The number of nitrogens with zero attached hydrogens (tertiary/aromatic N) is 1. The third-order valence-corrected chi connectivity index (χ3v) is 2.32. The van der Waals surface area contributed by atoms with Gasteiger partial charge >= 0.3 is 0 Å². The summed E-state index contributed by atoms with van der Waals surface area (Å²) in [5, 5.41) is 2.56. The molecule has 0 saturated carbocycles. The number of hydrogen-bond donors (Lipinski definition) is 1. The van der Waals surface area contributed by atoms with Crippen molar-refractivity contribution in [3.8, 4) is 0 Å². The van der Waals surface area contributed by atoms with Crippen molar-refractivity contribution >= 4 is 11.8 Å². The molecule has 5 nitrogen and oxygen atoms in total. The third kappa shape index (κ3) is 4.29. The van der Waals surface area contributed by atoms with Crippen molar-refractivity contribution in [1.82, 2.24) is 10.2 Å². The quantitative estimate of drug-likeness (QED) is 0.643. The van der Waals surface area contributed by atoms with E-state index in [-0.39, 0.29) is 18.4 Å². The second-order valence-corrected chi connectivity index (χ2v) is 3.46. The lowest BCUT2D eigenvalue weighted by Crippen LogP contribution is -2.36. The molecule has 86 valence electrons. The Morgan fingerprint density at radius 3 is 3.00 bits per heavy atom. The Morgan fingerprint density at radius 2 is 2.27 bits per heavy atom. The number of amides is 2. The van der Waals surface area contributed by atoms with Gasteiger partial charge in [0.2, 0.25) is 11.8 Å². The largest absolute Gasteiger partial charge is 0.382 e. The molecule has 5 heteroatoms. The smallest absolute Gasteiger partial charge is 0.241 e. The molecule has 1 fully saturated rings. The van der Waals surface area contributed by atoms with Crippen LogP contribution in [0.1, 0.15) is 19.8 Å². The zero-order valence-electron chi connectivity index (χ0n) is 9.12. The Balaban J connectivity index is 2.26. The summed E-state index contributed by atoms with van der Waals surface area (Å²) >= 11 is 0. The van der Waals surface area contributed by atoms with Crippen LogP contribution in [0.3, 0.4) is 0 Å². The maximum Gasteiger partial charge on any atom is 0.241 e. The molecule has 1 aliphatic rings. The van der Waals surface area contributed by atoms with Gasteiger partial charge in [0, 0.05) is 32.7 Å². The first-order valence-corrected chi connectivity index (χ1v) is 5.36. The molecule has 1 saturated heterocycles. The summed E-state index contributed by atoms with van der Waals surface area (Å²) in [6, 6.07) is 0. The number of hydrogen-bond acceptors (Lipinski definition) is 3. The number of nitrogens with one attached hydrogen (secondary N) is 1. The molecular weight excluding hydrogens is 196 g/mol. The second kappa shape index (κ2) is 6.40. The second-order valence-electron chi connectivity index (χ2n) is 3.46. The van der Waals surface area contributed by atoms with E-state index in [0.29, 0.717) is 32.7 Å². The zero-order chi connectivity index (χ0) is 11.1. The topological polar surface area (TPSA) is 58.6 Å². The first-order chi connectivity index (χ1) is 7.24. The predicted molar refractivity (Wildman–Crippen MR) is 55.3 cm³/mol. The molecule has 0 unspecified atom stereocenters. The number of carbonyl (C=O) groups is 2. The van der Waals surface area contributed by atoms with Crippen LogP contribution in [0.2, 0.25) is 0 Å². The van der Waals surface area contributed by atoms with Gasteiger partial charge in [-0.15, -0.1) is 0 Å². The molecule has 1 N–H and O–H groups in total. The predicted octanol–water partition coefficient (Wildman–Crippen LogP) is -0.238. The van der Waals surface area contributed by atoms with Gasteiger partial charge in [0.1, 0.15) is 0 Å². The summed E-state index contributed by atoms with van der Waals surface area (Å²) in [4.78, 5) is 24.2. The Kier molecular flexibility index (Phi) is 5.10. The van der Waals surface area contributed by atoms with Crippen molar-refractivity contribution in [2.75, 3.05) is 32.8 Å². The minimum absolute atomic E-state index is 0.00246. The molecule has 0 bridgehead atoms. The molecule has 15 heavy (non-hydrogen) atoms. The fourth-order valence-corrected chi connectivity index (χ4v) is 1.47. The number of ether oxygens (including phenoxy) is 1. The minimum Gasteiger partial charge on any atom is -0.382 e. The van der Waals surface area contributed by atoms with Gasteiger partial charge in [0.15, 0.2) is 0 Å². The molecular formula is C10H18N2O3. The van der Waals surface area contributed by atoms with E-state index in [4.69, 9.17) is 4.74 Å². The fourth-order valence-electron chi connectivity index (χ4n) is 1.47. The van der Waals surface area contributed by atoms with Crippen molar-refractivity contribution in [2.45, 2.75) is 19.8 Å². The molecule has 0 radical (unpaired) electrons. The third-order valence-electron chi connectivity index (χ3n) is 2.32. The Labute approximate surface area is 89.8 Å². The summed E-state index contributed by atoms with van der Waals surface area (Å²) in [5.74, 6) is -0.0481. The van der Waals surface area contributed by atoms with E-state index in [1.54, 1.807) is 4.90 Å². The van der Waals surface area contributed by atoms with Crippen LogP contribution in [-0.4, -0.2) is 49.6 Å². The van der Waals surface area contributed by atoms with Crippen molar-refractivity contribution in [3.63, 3.8) is 0 Å². The van der Waals surface area contributed by atoms with Crippen molar-refractivity contribution in [3.05, 3.63) is 0 Å². The van der Waals surface area contributed by atoms with Crippen LogP contribution in [0.5, 0.6) is 0 Å². The van der Waals surface area contributed by atoms with Gasteiger partial charge in [-0.1, -0.05) is 0 Å². The van der Waals surface area contributed by atoms with Crippen LogP contribution in [-0.2, 0) is 14.3 Å². The van der Waals surface area contributed by atoms with Gasteiger partial charge in [0.25, 0.3) is 0 Å². The molecule has 0 aromatic rings. The summed E-state index contributed by atoms with van der Waals surface area (Å²) in [5.41, 5.74) is 0.